The molecule has 0 atom stereocenters. The van der Waals surface area contributed by atoms with E-state index in [1.807, 2.05) is 24.0 Å². The highest BCUT2D eigenvalue weighted by atomic mass is 16.5. The fraction of sp³-hybridized carbons (Fsp3) is 0.562. The Hall–Kier alpha value is -1.75. The molecule has 1 fully saturated rings. The van der Waals surface area contributed by atoms with Gasteiger partial charge in [-0.1, -0.05) is 0 Å². The minimum Gasteiger partial charge on any atom is -0.399 e. The Bertz CT molecular complexity index is 471. The van der Waals surface area contributed by atoms with E-state index in [9.17, 15) is 4.79 Å². The molecule has 5 nitrogen and oxygen atoms in total. The molecule has 0 unspecified atom stereocenters. The van der Waals surface area contributed by atoms with E-state index in [2.05, 4.69) is 5.32 Å². The minimum atomic E-state index is 0.0760. The van der Waals surface area contributed by atoms with Crippen LogP contribution in [0.3, 0.4) is 0 Å². The lowest BCUT2D eigenvalue weighted by Crippen LogP contribution is -2.28. The molecule has 1 heterocycles. The van der Waals surface area contributed by atoms with Gasteiger partial charge in [0, 0.05) is 44.2 Å². The van der Waals surface area contributed by atoms with Crippen molar-refractivity contribution < 1.29 is 9.53 Å². The summed E-state index contributed by atoms with van der Waals surface area (Å²) in [5, 5.41) is 3.32. The number of benzene rings is 1. The Morgan fingerprint density at radius 1 is 1.38 bits per heavy atom. The number of nitrogen functional groups attached to an aromatic ring is 1. The summed E-state index contributed by atoms with van der Waals surface area (Å²) in [6, 6.07) is 5.48. The largest absolute Gasteiger partial charge is 0.399 e. The van der Waals surface area contributed by atoms with E-state index in [1.54, 1.807) is 6.07 Å². The molecule has 5 heteroatoms. The van der Waals surface area contributed by atoms with E-state index in [4.69, 9.17) is 10.5 Å². The van der Waals surface area contributed by atoms with Gasteiger partial charge in [0.05, 0.1) is 5.56 Å². The van der Waals surface area contributed by atoms with Crippen molar-refractivity contribution in [3.8, 4) is 0 Å². The van der Waals surface area contributed by atoms with Gasteiger partial charge >= 0.3 is 0 Å². The van der Waals surface area contributed by atoms with Crippen molar-refractivity contribution in [1.29, 1.82) is 0 Å². The Morgan fingerprint density at radius 3 is 2.86 bits per heavy atom. The van der Waals surface area contributed by atoms with Gasteiger partial charge in [-0.05, 0) is 44.4 Å². The predicted molar refractivity (Wildman–Crippen MR) is 85.6 cm³/mol. The smallest absolute Gasteiger partial charge is 0.256 e. The number of rotatable bonds is 7. The van der Waals surface area contributed by atoms with E-state index in [1.165, 1.54) is 0 Å². The van der Waals surface area contributed by atoms with Gasteiger partial charge in [0.25, 0.3) is 5.91 Å². The maximum atomic E-state index is 12.6. The summed E-state index contributed by atoms with van der Waals surface area (Å²) in [5.41, 5.74) is 8.00. The van der Waals surface area contributed by atoms with E-state index in [0.717, 1.165) is 57.8 Å². The van der Waals surface area contributed by atoms with Gasteiger partial charge in [-0.15, -0.1) is 0 Å². The molecule has 0 radical (unpaired) electrons. The predicted octanol–water partition coefficient (Wildman–Crippen LogP) is 2.34. The Balaban J connectivity index is 2.01. The lowest BCUT2D eigenvalue weighted by molar-refractivity contribution is 0.0794. The molecule has 0 bridgehead atoms. The molecule has 3 N–H and O–H groups in total. The molecule has 1 aromatic carbocycles. The van der Waals surface area contributed by atoms with Gasteiger partial charge in [-0.2, -0.15) is 0 Å². The highest BCUT2D eigenvalue weighted by Gasteiger charge is 2.21. The third kappa shape index (κ3) is 4.36. The number of carbonyl (C=O) groups is 1. The highest BCUT2D eigenvalue weighted by Crippen LogP contribution is 2.22. The van der Waals surface area contributed by atoms with E-state index in [0.29, 0.717) is 11.3 Å². The summed E-state index contributed by atoms with van der Waals surface area (Å²) in [4.78, 5) is 14.5. The van der Waals surface area contributed by atoms with Crippen molar-refractivity contribution in [1.82, 2.24) is 4.90 Å². The molecule has 0 aliphatic carbocycles. The molecule has 21 heavy (non-hydrogen) atoms. The summed E-state index contributed by atoms with van der Waals surface area (Å²) < 4.78 is 5.31. The summed E-state index contributed by atoms with van der Waals surface area (Å²) in [6.07, 6.45) is 3.09. The molecule has 0 spiro atoms. The summed E-state index contributed by atoms with van der Waals surface area (Å²) in [6.45, 7) is 5.92. The van der Waals surface area contributed by atoms with Crippen LogP contribution < -0.4 is 11.1 Å². The zero-order chi connectivity index (χ0) is 15.1. The molecule has 1 saturated heterocycles. The van der Waals surface area contributed by atoms with E-state index >= 15 is 0 Å². The lowest BCUT2D eigenvalue weighted by Gasteiger charge is -2.19. The number of hydrogen-bond donors (Lipinski definition) is 2. The summed E-state index contributed by atoms with van der Waals surface area (Å²) in [7, 11) is 0. The molecule has 0 aromatic heterocycles. The first-order chi connectivity index (χ1) is 10.2. The van der Waals surface area contributed by atoms with Crippen LogP contribution in [-0.4, -0.2) is 43.7 Å². The number of nitrogens with one attached hydrogen (secondary N) is 1. The first kappa shape index (κ1) is 15.6. The van der Waals surface area contributed by atoms with Crippen LogP contribution in [-0.2, 0) is 4.74 Å². The van der Waals surface area contributed by atoms with Crippen LogP contribution in [0, 0.1) is 0 Å². The van der Waals surface area contributed by atoms with Gasteiger partial charge in [-0.25, -0.2) is 0 Å². The molecular weight excluding hydrogens is 266 g/mol. The third-order valence-electron chi connectivity index (χ3n) is 3.65. The molecule has 1 aliphatic rings. The van der Waals surface area contributed by atoms with Crippen LogP contribution in [0.25, 0.3) is 0 Å². The lowest BCUT2D eigenvalue weighted by atomic mass is 10.1. The van der Waals surface area contributed by atoms with Crippen LogP contribution in [0.1, 0.15) is 36.5 Å². The number of carbonyl (C=O) groups excluding carboxylic acids is 1. The van der Waals surface area contributed by atoms with Gasteiger partial charge in [-0.3, -0.25) is 4.79 Å². The number of likely N-dealkylation sites (tertiary alicyclic amines) is 1. The van der Waals surface area contributed by atoms with Crippen molar-refractivity contribution in [3.05, 3.63) is 23.8 Å². The average Bonchev–Trinajstić information content (AvgIpc) is 3.02. The molecule has 116 valence electrons. The second-order valence-corrected chi connectivity index (χ2v) is 5.28. The number of amides is 1. The number of nitrogens with zero attached hydrogens (tertiary/aromatic N) is 1. The number of nitrogens with two attached hydrogens (primary N) is 1. The van der Waals surface area contributed by atoms with Crippen molar-refractivity contribution in [2.75, 3.05) is 43.9 Å². The molecule has 1 aromatic rings. The van der Waals surface area contributed by atoms with Gasteiger partial charge in [0.1, 0.15) is 0 Å². The van der Waals surface area contributed by atoms with Crippen LogP contribution in [0.15, 0.2) is 18.2 Å². The van der Waals surface area contributed by atoms with Crippen LogP contribution >= 0.6 is 0 Å². The van der Waals surface area contributed by atoms with Crippen molar-refractivity contribution >= 4 is 17.3 Å². The standard InChI is InChI=1S/C16H25N3O2/c1-2-21-11-5-8-18-15-7-6-13(17)12-14(15)16(20)19-9-3-4-10-19/h6-7,12,18H,2-5,8-11,17H2,1H3. The molecule has 2 rings (SSSR count). The monoisotopic (exact) mass is 291 g/mol. The van der Waals surface area contributed by atoms with Gasteiger partial charge < -0.3 is 20.7 Å². The fourth-order valence-electron chi connectivity index (χ4n) is 2.53. The summed E-state index contributed by atoms with van der Waals surface area (Å²) in [5.74, 6) is 0.0760. The molecule has 1 aliphatic heterocycles. The normalized spacial score (nSPS) is 14.4. The minimum absolute atomic E-state index is 0.0760. The Kier molecular flexibility index (Phi) is 5.87. The van der Waals surface area contributed by atoms with Crippen LogP contribution in [0.2, 0.25) is 0 Å². The molecule has 1 amide bonds. The van der Waals surface area contributed by atoms with Crippen molar-refractivity contribution in [3.63, 3.8) is 0 Å². The third-order valence-corrected chi connectivity index (χ3v) is 3.65. The Labute approximate surface area is 126 Å². The van der Waals surface area contributed by atoms with Gasteiger partial charge in [0.2, 0.25) is 0 Å². The SMILES string of the molecule is CCOCCCNc1ccc(N)cc1C(=O)N1CCCC1. The number of hydrogen-bond acceptors (Lipinski definition) is 4. The zero-order valence-corrected chi connectivity index (χ0v) is 12.7. The fourth-order valence-corrected chi connectivity index (χ4v) is 2.53. The maximum Gasteiger partial charge on any atom is 0.256 e. The number of ether oxygens (including phenoxy) is 1. The first-order valence-electron chi connectivity index (χ1n) is 7.72. The van der Waals surface area contributed by atoms with Gasteiger partial charge in [0.15, 0.2) is 0 Å². The first-order valence-corrected chi connectivity index (χ1v) is 7.72. The second kappa shape index (κ2) is 7.88. The van der Waals surface area contributed by atoms with Crippen LogP contribution in [0.4, 0.5) is 11.4 Å². The van der Waals surface area contributed by atoms with Crippen molar-refractivity contribution in [2.45, 2.75) is 26.2 Å². The average molecular weight is 291 g/mol. The second-order valence-electron chi connectivity index (χ2n) is 5.28. The number of anilines is 2. The Morgan fingerprint density at radius 2 is 2.14 bits per heavy atom. The topological polar surface area (TPSA) is 67.6 Å². The zero-order valence-electron chi connectivity index (χ0n) is 12.7. The maximum absolute atomic E-state index is 12.6. The van der Waals surface area contributed by atoms with E-state index < -0.39 is 0 Å². The van der Waals surface area contributed by atoms with E-state index in [-0.39, 0.29) is 5.91 Å². The molecular formula is C16H25N3O2. The highest BCUT2D eigenvalue weighted by molar-refractivity contribution is 6.00. The molecule has 0 saturated carbocycles. The van der Waals surface area contributed by atoms with Crippen LogP contribution in [0.5, 0.6) is 0 Å². The van der Waals surface area contributed by atoms with Crippen molar-refractivity contribution in [2.24, 2.45) is 0 Å². The quantitative estimate of drug-likeness (QED) is 0.598. The summed E-state index contributed by atoms with van der Waals surface area (Å²) >= 11 is 0.